The lowest BCUT2D eigenvalue weighted by molar-refractivity contribution is 0.0952. The van der Waals surface area contributed by atoms with Gasteiger partial charge in [0.25, 0.3) is 5.91 Å². The fourth-order valence-electron chi connectivity index (χ4n) is 1.19. The fourth-order valence-corrected chi connectivity index (χ4v) is 2.18. The summed E-state index contributed by atoms with van der Waals surface area (Å²) in [5, 5.41) is 4.38. The number of hydrogen-bond acceptors (Lipinski definition) is 1. The summed E-state index contributed by atoms with van der Waals surface area (Å²) in [6.07, 6.45) is 2.02. The normalized spacial score (nSPS) is 10.2. The van der Waals surface area contributed by atoms with Crippen LogP contribution >= 0.6 is 43.5 Å². The Bertz CT molecular complexity index is 371. The van der Waals surface area contributed by atoms with Gasteiger partial charge in [-0.05, 0) is 47.0 Å². The molecule has 16 heavy (non-hydrogen) atoms. The molecule has 0 aliphatic rings. The first kappa shape index (κ1) is 14.0. The lowest BCUT2D eigenvalue weighted by atomic mass is 10.2. The van der Waals surface area contributed by atoms with Gasteiger partial charge in [-0.3, -0.25) is 4.79 Å². The molecule has 0 heterocycles. The topological polar surface area (TPSA) is 29.1 Å². The number of carbonyl (C=O) groups excluding carboxylic acids is 1. The minimum Gasteiger partial charge on any atom is -0.352 e. The van der Waals surface area contributed by atoms with Crippen LogP contribution in [0, 0.1) is 0 Å². The smallest absolute Gasteiger partial charge is 0.252 e. The first-order valence-electron chi connectivity index (χ1n) is 4.94. The van der Waals surface area contributed by atoms with Crippen LogP contribution in [0.5, 0.6) is 0 Å². The van der Waals surface area contributed by atoms with Crippen LogP contribution < -0.4 is 5.32 Å². The Kier molecular flexibility index (Phi) is 6.39. The first-order chi connectivity index (χ1) is 7.65. The van der Waals surface area contributed by atoms with E-state index in [1.165, 1.54) is 0 Å². The SMILES string of the molecule is O=C(NCCCCBr)c1cc(Cl)ccc1Br. The van der Waals surface area contributed by atoms with Crippen molar-refractivity contribution in [1.29, 1.82) is 0 Å². The molecule has 0 saturated heterocycles. The second-order valence-corrected chi connectivity index (χ2v) is 5.36. The Morgan fingerprint density at radius 2 is 2.12 bits per heavy atom. The molecule has 0 unspecified atom stereocenters. The van der Waals surface area contributed by atoms with Crippen molar-refractivity contribution in [3.8, 4) is 0 Å². The lowest BCUT2D eigenvalue weighted by Gasteiger charge is -2.06. The third-order valence-corrected chi connectivity index (χ3v) is 3.51. The molecule has 1 amide bonds. The Labute approximate surface area is 117 Å². The summed E-state index contributed by atoms with van der Waals surface area (Å²) < 4.78 is 0.759. The van der Waals surface area contributed by atoms with Gasteiger partial charge in [-0.15, -0.1) is 0 Å². The van der Waals surface area contributed by atoms with E-state index in [0.29, 0.717) is 17.1 Å². The van der Waals surface area contributed by atoms with Gasteiger partial charge in [0.15, 0.2) is 0 Å². The molecule has 1 rings (SSSR count). The van der Waals surface area contributed by atoms with E-state index in [9.17, 15) is 4.79 Å². The number of amides is 1. The third kappa shape index (κ3) is 4.44. The highest BCUT2D eigenvalue weighted by Crippen LogP contribution is 2.20. The molecular formula is C11H12Br2ClNO. The van der Waals surface area contributed by atoms with Crippen LogP contribution in [0.1, 0.15) is 23.2 Å². The Morgan fingerprint density at radius 3 is 2.81 bits per heavy atom. The van der Waals surface area contributed by atoms with Crippen LogP contribution in [-0.2, 0) is 0 Å². The maximum Gasteiger partial charge on any atom is 0.252 e. The van der Waals surface area contributed by atoms with Crippen LogP contribution in [-0.4, -0.2) is 17.8 Å². The molecule has 1 aromatic rings. The molecule has 1 N–H and O–H groups in total. The zero-order valence-corrected chi connectivity index (χ0v) is 12.5. The van der Waals surface area contributed by atoms with E-state index in [1.54, 1.807) is 18.2 Å². The van der Waals surface area contributed by atoms with Gasteiger partial charge < -0.3 is 5.32 Å². The Morgan fingerprint density at radius 1 is 1.38 bits per heavy atom. The van der Waals surface area contributed by atoms with Gasteiger partial charge >= 0.3 is 0 Å². The summed E-state index contributed by atoms with van der Waals surface area (Å²) in [6.45, 7) is 0.684. The number of unbranched alkanes of at least 4 members (excludes halogenated alkanes) is 1. The molecule has 2 nitrogen and oxygen atoms in total. The Hall–Kier alpha value is -0.0600. The second kappa shape index (κ2) is 7.30. The quantitative estimate of drug-likeness (QED) is 0.617. The molecule has 1 aromatic carbocycles. The molecule has 0 spiro atoms. The van der Waals surface area contributed by atoms with Gasteiger partial charge in [-0.2, -0.15) is 0 Å². The fraction of sp³-hybridized carbons (Fsp3) is 0.364. The molecule has 0 saturated carbocycles. The van der Waals surface area contributed by atoms with Gasteiger partial charge in [0, 0.05) is 21.4 Å². The van der Waals surface area contributed by atoms with E-state index < -0.39 is 0 Å². The number of carbonyl (C=O) groups is 1. The number of alkyl halides is 1. The second-order valence-electron chi connectivity index (χ2n) is 3.28. The molecule has 0 aromatic heterocycles. The largest absolute Gasteiger partial charge is 0.352 e. The van der Waals surface area contributed by atoms with Crippen molar-refractivity contribution in [2.75, 3.05) is 11.9 Å². The minimum absolute atomic E-state index is 0.0936. The maximum atomic E-state index is 11.8. The van der Waals surface area contributed by atoms with Crippen LogP contribution in [0.3, 0.4) is 0 Å². The van der Waals surface area contributed by atoms with Crippen molar-refractivity contribution >= 4 is 49.4 Å². The Balaban J connectivity index is 2.55. The molecule has 0 bridgehead atoms. The van der Waals surface area contributed by atoms with E-state index in [2.05, 4.69) is 37.2 Å². The summed E-state index contributed by atoms with van der Waals surface area (Å²) in [5.74, 6) is -0.0936. The predicted molar refractivity (Wildman–Crippen MR) is 74.5 cm³/mol. The zero-order chi connectivity index (χ0) is 12.0. The zero-order valence-electron chi connectivity index (χ0n) is 8.60. The average molecular weight is 369 g/mol. The highest BCUT2D eigenvalue weighted by atomic mass is 79.9. The molecule has 0 fully saturated rings. The van der Waals surface area contributed by atoms with Crippen LogP contribution in [0.4, 0.5) is 0 Å². The van der Waals surface area contributed by atoms with Crippen molar-refractivity contribution in [3.05, 3.63) is 33.3 Å². The highest BCUT2D eigenvalue weighted by molar-refractivity contribution is 9.10. The molecule has 5 heteroatoms. The van der Waals surface area contributed by atoms with Crippen LogP contribution in [0.2, 0.25) is 5.02 Å². The van der Waals surface area contributed by atoms with Crippen LogP contribution in [0.25, 0.3) is 0 Å². The first-order valence-corrected chi connectivity index (χ1v) is 7.23. The number of halogens is 3. The summed E-state index contributed by atoms with van der Waals surface area (Å²) in [7, 11) is 0. The minimum atomic E-state index is -0.0936. The number of hydrogen-bond donors (Lipinski definition) is 1. The van der Waals surface area contributed by atoms with Crippen LogP contribution in [0.15, 0.2) is 22.7 Å². The van der Waals surface area contributed by atoms with Crippen molar-refractivity contribution in [2.24, 2.45) is 0 Å². The maximum absolute atomic E-state index is 11.8. The molecule has 0 aliphatic carbocycles. The van der Waals surface area contributed by atoms with Gasteiger partial charge in [0.1, 0.15) is 0 Å². The van der Waals surface area contributed by atoms with E-state index >= 15 is 0 Å². The van der Waals surface area contributed by atoms with Crippen molar-refractivity contribution in [2.45, 2.75) is 12.8 Å². The van der Waals surface area contributed by atoms with Crippen molar-refractivity contribution in [3.63, 3.8) is 0 Å². The number of rotatable bonds is 5. The van der Waals surface area contributed by atoms with E-state index in [4.69, 9.17) is 11.6 Å². The van der Waals surface area contributed by atoms with E-state index in [0.717, 1.165) is 22.6 Å². The molecular weight excluding hydrogens is 357 g/mol. The van der Waals surface area contributed by atoms with E-state index in [1.807, 2.05) is 0 Å². The monoisotopic (exact) mass is 367 g/mol. The molecule has 0 aliphatic heterocycles. The van der Waals surface area contributed by atoms with Gasteiger partial charge in [0.2, 0.25) is 0 Å². The predicted octanol–water partition coefficient (Wildman–Crippen LogP) is 4.01. The summed E-state index contributed by atoms with van der Waals surface area (Å²) in [5.41, 5.74) is 0.575. The summed E-state index contributed by atoms with van der Waals surface area (Å²) in [6, 6.07) is 5.18. The molecule has 0 atom stereocenters. The third-order valence-electron chi connectivity index (χ3n) is 2.02. The average Bonchev–Trinajstić information content (AvgIpc) is 2.27. The molecule has 88 valence electrons. The summed E-state index contributed by atoms with van der Waals surface area (Å²) in [4.78, 5) is 11.8. The number of nitrogens with one attached hydrogen (secondary N) is 1. The summed E-state index contributed by atoms with van der Waals surface area (Å²) >= 11 is 12.5. The van der Waals surface area contributed by atoms with Gasteiger partial charge in [-0.25, -0.2) is 0 Å². The van der Waals surface area contributed by atoms with Crippen molar-refractivity contribution < 1.29 is 4.79 Å². The lowest BCUT2D eigenvalue weighted by Crippen LogP contribution is -2.24. The van der Waals surface area contributed by atoms with Crippen molar-refractivity contribution in [1.82, 2.24) is 5.32 Å². The number of benzene rings is 1. The highest BCUT2D eigenvalue weighted by Gasteiger charge is 2.09. The van der Waals surface area contributed by atoms with Gasteiger partial charge in [0.05, 0.1) is 5.56 Å². The standard InChI is InChI=1S/C11H12Br2ClNO/c12-5-1-2-6-15-11(16)9-7-8(14)3-4-10(9)13/h3-4,7H,1-2,5-6H2,(H,15,16). The van der Waals surface area contributed by atoms with E-state index in [-0.39, 0.29) is 5.91 Å². The van der Waals surface area contributed by atoms with Gasteiger partial charge in [-0.1, -0.05) is 27.5 Å². The molecule has 0 radical (unpaired) electrons.